The average Bonchev–Trinajstić information content (AvgIpc) is 2.24. The zero-order valence-electron chi connectivity index (χ0n) is 10.6. The van der Waals surface area contributed by atoms with E-state index in [4.69, 9.17) is 10.5 Å². The summed E-state index contributed by atoms with van der Waals surface area (Å²) < 4.78 is 5.57. The van der Waals surface area contributed by atoms with Crippen LogP contribution in [0.25, 0.3) is 0 Å². The molecule has 0 saturated heterocycles. The molecule has 0 aliphatic carbocycles. The molecule has 0 aromatic heterocycles. The second-order valence-electron chi connectivity index (χ2n) is 4.55. The molecule has 1 aromatic rings. The van der Waals surface area contributed by atoms with E-state index in [2.05, 4.69) is 45.0 Å². The van der Waals surface area contributed by atoms with E-state index >= 15 is 0 Å². The van der Waals surface area contributed by atoms with Crippen LogP contribution in [-0.4, -0.2) is 19.3 Å². The van der Waals surface area contributed by atoms with Crippen molar-refractivity contribution in [2.75, 3.05) is 13.2 Å². The highest BCUT2D eigenvalue weighted by atomic mass is 16.5. The van der Waals surface area contributed by atoms with Gasteiger partial charge in [-0.3, -0.25) is 0 Å². The highest BCUT2D eigenvalue weighted by molar-refractivity contribution is 5.25. The molecule has 1 unspecified atom stereocenters. The largest absolute Gasteiger partial charge is 0.379 e. The van der Waals surface area contributed by atoms with Crippen LogP contribution in [0.2, 0.25) is 0 Å². The van der Waals surface area contributed by atoms with E-state index in [1.165, 1.54) is 11.1 Å². The Morgan fingerprint density at radius 1 is 1.31 bits per heavy atom. The third-order valence-electron chi connectivity index (χ3n) is 2.72. The van der Waals surface area contributed by atoms with Gasteiger partial charge in [0.05, 0.1) is 6.10 Å². The number of aryl methyl sites for hydroxylation is 1. The Morgan fingerprint density at radius 3 is 2.62 bits per heavy atom. The first-order chi connectivity index (χ1) is 7.63. The molecule has 1 rings (SSSR count). The molecule has 0 spiro atoms. The minimum Gasteiger partial charge on any atom is -0.379 e. The van der Waals surface area contributed by atoms with Gasteiger partial charge >= 0.3 is 0 Å². The molecule has 2 heteroatoms. The molecule has 0 amide bonds. The standard InChI is InChI=1S/C14H23NO/c1-11(2)16-8-7-14(10-15)13-6-4-5-12(3)9-13/h4-6,9,11,14H,7-8,10,15H2,1-3H3. The topological polar surface area (TPSA) is 35.2 Å². The van der Waals surface area contributed by atoms with Gasteiger partial charge in [-0.15, -0.1) is 0 Å². The van der Waals surface area contributed by atoms with Gasteiger partial charge < -0.3 is 10.5 Å². The van der Waals surface area contributed by atoms with Crippen molar-refractivity contribution >= 4 is 0 Å². The number of hydrogen-bond acceptors (Lipinski definition) is 2. The van der Waals surface area contributed by atoms with E-state index in [1.807, 2.05) is 0 Å². The number of rotatable bonds is 6. The summed E-state index contributed by atoms with van der Waals surface area (Å²) in [6, 6.07) is 8.57. The molecule has 90 valence electrons. The number of nitrogens with two attached hydrogens (primary N) is 1. The second-order valence-corrected chi connectivity index (χ2v) is 4.55. The Morgan fingerprint density at radius 2 is 2.06 bits per heavy atom. The van der Waals surface area contributed by atoms with Gasteiger partial charge in [0, 0.05) is 6.61 Å². The van der Waals surface area contributed by atoms with Crippen LogP contribution < -0.4 is 5.73 Å². The average molecular weight is 221 g/mol. The molecule has 0 bridgehead atoms. The third kappa shape index (κ3) is 4.33. The van der Waals surface area contributed by atoms with Gasteiger partial charge in [-0.25, -0.2) is 0 Å². The van der Waals surface area contributed by atoms with Crippen LogP contribution in [0.5, 0.6) is 0 Å². The zero-order chi connectivity index (χ0) is 12.0. The van der Waals surface area contributed by atoms with Gasteiger partial charge in [0.25, 0.3) is 0 Å². The summed E-state index contributed by atoms with van der Waals surface area (Å²) in [5, 5.41) is 0. The van der Waals surface area contributed by atoms with Gasteiger partial charge in [-0.05, 0) is 45.2 Å². The van der Waals surface area contributed by atoms with Crippen molar-refractivity contribution < 1.29 is 4.74 Å². The Hall–Kier alpha value is -0.860. The van der Waals surface area contributed by atoms with Gasteiger partial charge in [0.2, 0.25) is 0 Å². The lowest BCUT2D eigenvalue weighted by atomic mass is 9.95. The van der Waals surface area contributed by atoms with Crippen molar-refractivity contribution in [1.29, 1.82) is 0 Å². The molecule has 0 heterocycles. The van der Waals surface area contributed by atoms with Crippen molar-refractivity contribution in [2.45, 2.75) is 39.2 Å². The van der Waals surface area contributed by atoms with Crippen molar-refractivity contribution in [3.63, 3.8) is 0 Å². The normalized spacial score (nSPS) is 13.1. The highest BCUT2D eigenvalue weighted by Crippen LogP contribution is 2.19. The molecule has 0 fully saturated rings. The maximum atomic E-state index is 5.82. The van der Waals surface area contributed by atoms with Crippen LogP contribution in [0.1, 0.15) is 37.3 Å². The Balaban J connectivity index is 2.53. The van der Waals surface area contributed by atoms with Crippen molar-refractivity contribution in [2.24, 2.45) is 5.73 Å². The molecule has 1 aromatic carbocycles. The first kappa shape index (κ1) is 13.2. The third-order valence-corrected chi connectivity index (χ3v) is 2.72. The molecule has 0 saturated carbocycles. The molecule has 2 N–H and O–H groups in total. The van der Waals surface area contributed by atoms with E-state index < -0.39 is 0 Å². The van der Waals surface area contributed by atoms with E-state index in [0.29, 0.717) is 18.6 Å². The molecule has 0 aliphatic rings. The minimum atomic E-state index is 0.302. The smallest absolute Gasteiger partial charge is 0.0518 e. The van der Waals surface area contributed by atoms with Crippen LogP contribution in [0, 0.1) is 6.92 Å². The first-order valence-electron chi connectivity index (χ1n) is 6.01. The molecular weight excluding hydrogens is 198 g/mol. The number of hydrogen-bond donors (Lipinski definition) is 1. The summed E-state index contributed by atoms with van der Waals surface area (Å²) >= 11 is 0. The molecule has 1 atom stereocenters. The Labute approximate surface area is 98.8 Å². The van der Waals surface area contributed by atoms with Crippen LogP contribution >= 0.6 is 0 Å². The van der Waals surface area contributed by atoms with Crippen molar-refractivity contribution in [3.8, 4) is 0 Å². The maximum absolute atomic E-state index is 5.82. The lowest BCUT2D eigenvalue weighted by Gasteiger charge is -2.16. The predicted octanol–water partition coefficient (Wildman–Crippen LogP) is 2.85. The van der Waals surface area contributed by atoms with Crippen LogP contribution in [0.3, 0.4) is 0 Å². The summed E-state index contributed by atoms with van der Waals surface area (Å²) in [6.07, 6.45) is 1.30. The second kappa shape index (κ2) is 6.66. The first-order valence-corrected chi connectivity index (χ1v) is 6.01. The van der Waals surface area contributed by atoms with Crippen LogP contribution in [0.15, 0.2) is 24.3 Å². The maximum Gasteiger partial charge on any atom is 0.0518 e. The molecule has 0 radical (unpaired) electrons. The van der Waals surface area contributed by atoms with Crippen LogP contribution in [-0.2, 0) is 4.74 Å². The fourth-order valence-electron chi connectivity index (χ4n) is 1.79. The number of benzene rings is 1. The summed E-state index contributed by atoms with van der Waals surface area (Å²) in [6.45, 7) is 7.70. The van der Waals surface area contributed by atoms with Crippen LogP contribution in [0.4, 0.5) is 0 Å². The van der Waals surface area contributed by atoms with E-state index in [0.717, 1.165) is 13.0 Å². The molecule has 2 nitrogen and oxygen atoms in total. The Bertz CT molecular complexity index is 309. The number of ether oxygens (including phenoxy) is 1. The van der Waals surface area contributed by atoms with Crippen molar-refractivity contribution in [1.82, 2.24) is 0 Å². The van der Waals surface area contributed by atoms with Gasteiger partial charge in [-0.1, -0.05) is 29.8 Å². The lowest BCUT2D eigenvalue weighted by molar-refractivity contribution is 0.0737. The predicted molar refractivity (Wildman–Crippen MR) is 68.7 cm³/mol. The van der Waals surface area contributed by atoms with E-state index in [1.54, 1.807) is 0 Å². The fourth-order valence-corrected chi connectivity index (χ4v) is 1.79. The molecule has 0 aliphatic heterocycles. The quantitative estimate of drug-likeness (QED) is 0.801. The Kier molecular flexibility index (Phi) is 5.50. The lowest BCUT2D eigenvalue weighted by Crippen LogP contribution is -2.16. The zero-order valence-corrected chi connectivity index (χ0v) is 10.6. The minimum absolute atomic E-state index is 0.302. The van der Waals surface area contributed by atoms with E-state index in [-0.39, 0.29) is 0 Å². The summed E-state index contributed by atoms with van der Waals surface area (Å²) in [5.74, 6) is 0.415. The van der Waals surface area contributed by atoms with Gasteiger partial charge in [0.1, 0.15) is 0 Å². The van der Waals surface area contributed by atoms with Gasteiger partial charge in [0.15, 0.2) is 0 Å². The molecular formula is C14H23NO. The summed E-state index contributed by atoms with van der Waals surface area (Å²) in [4.78, 5) is 0. The van der Waals surface area contributed by atoms with Crippen molar-refractivity contribution in [3.05, 3.63) is 35.4 Å². The summed E-state index contributed by atoms with van der Waals surface area (Å²) in [5.41, 5.74) is 8.44. The fraction of sp³-hybridized carbons (Fsp3) is 0.571. The molecule has 16 heavy (non-hydrogen) atoms. The highest BCUT2D eigenvalue weighted by Gasteiger charge is 2.09. The SMILES string of the molecule is Cc1cccc(C(CN)CCOC(C)C)c1. The van der Waals surface area contributed by atoms with Gasteiger partial charge in [-0.2, -0.15) is 0 Å². The summed E-state index contributed by atoms with van der Waals surface area (Å²) in [7, 11) is 0. The van der Waals surface area contributed by atoms with E-state index in [9.17, 15) is 0 Å². The monoisotopic (exact) mass is 221 g/mol.